The van der Waals surface area contributed by atoms with Gasteiger partial charge in [-0.3, -0.25) is 4.79 Å². The van der Waals surface area contributed by atoms with Gasteiger partial charge in [0.2, 0.25) is 16.6 Å². The molecule has 0 atom stereocenters. The second-order valence-electron chi connectivity index (χ2n) is 7.07. The number of rotatable bonds is 5. The molecule has 0 aliphatic carbocycles. The van der Waals surface area contributed by atoms with Crippen molar-refractivity contribution < 1.29 is 22.7 Å². The van der Waals surface area contributed by atoms with Gasteiger partial charge in [0.1, 0.15) is 0 Å². The number of carbonyl (C=O) groups is 1. The fourth-order valence-corrected chi connectivity index (χ4v) is 5.32. The number of nitrogens with one attached hydrogen (secondary N) is 2. The third-order valence-corrected chi connectivity index (χ3v) is 6.95. The first-order chi connectivity index (χ1) is 15.0. The Morgan fingerprint density at radius 3 is 2.48 bits per heavy atom. The van der Waals surface area contributed by atoms with Crippen LogP contribution in [0.25, 0.3) is 5.70 Å². The lowest BCUT2D eigenvalue weighted by atomic mass is 10.1. The lowest BCUT2D eigenvalue weighted by molar-refractivity contribution is -0.112. The van der Waals surface area contributed by atoms with Crippen molar-refractivity contribution in [2.24, 2.45) is 0 Å². The summed E-state index contributed by atoms with van der Waals surface area (Å²) in [4.78, 5) is 12.9. The fraction of sp³-hybridized carbons (Fsp3) is 0.0870. The molecule has 0 aromatic heterocycles. The van der Waals surface area contributed by atoms with Crippen LogP contribution in [0.2, 0.25) is 0 Å². The molecule has 0 saturated heterocycles. The van der Waals surface area contributed by atoms with Crippen LogP contribution in [0.15, 0.2) is 82.6 Å². The van der Waals surface area contributed by atoms with Gasteiger partial charge in [-0.15, -0.1) is 0 Å². The number of hydrogen-bond acceptors (Lipinski definition) is 6. The maximum absolute atomic E-state index is 13.2. The summed E-state index contributed by atoms with van der Waals surface area (Å²) in [5.74, 6) is 0.616. The zero-order valence-electron chi connectivity index (χ0n) is 16.3. The summed E-state index contributed by atoms with van der Waals surface area (Å²) >= 11 is 0. The van der Waals surface area contributed by atoms with Crippen molar-refractivity contribution in [3.05, 3.63) is 88.8 Å². The van der Waals surface area contributed by atoms with Crippen molar-refractivity contribution in [1.29, 1.82) is 0 Å². The van der Waals surface area contributed by atoms with Gasteiger partial charge in [0.05, 0.1) is 10.6 Å². The van der Waals surface area contributed by atoms with Crippen LogP contribution in [-0.2, 0) is 21.2 Å². The summed E-state index contributed by atoms with van der Waals surface area (Å²) in [6.07, 6.45) is 0. The number of benzene rings is 3. The molecule has 0 spiro atoms. The molecule has 0 fully saturated rings. The Balaban J connectivity index is 1.51. The Hall–Kier alpha value is -3.78. The summed E-state index contributed by atoms with van der Waals surface area (Å²) in [5.41, 5.74) is 2.13. The highest BCUT2D eigenvalue weighted by Gasteiger charge is 2.39. The van der Waals surface area contributed by atoms with Crippen LogP contribution in [0.1, 0.15) is 11.1 Å². The van der Waals surface area contributed by atoms with E-state index in [2.05, 4.69) is 10.6 Å². The van der Waals surface area contributed by atoms with Crippen molar-refractivity contribution in [1.82, 2.24) is 5.32 Å². The van der Waals surface area contributed by atoms with Crippen LogP contribution in [0.4, 0.5) is 5.69 Å². The summed E-state index contributed by atoms with van der Waals surface area (Å²) in [7, 11) is -3.97. The number of fused-ring (bicyclic) bond motifs is 2. The molecule has 0 radical (unpaired) electrons. The quantitative estimate of drug-likeness (QED) is 0.640. The first kappa shape index (κ1) is 19.2. The van der Waals surface area contributed by atoms with Crippen molar-refractivity contribution >= 4 is 27.1 Å². The Morgan fingerprint density at radius 2 is 1.65 bits per heavy atom. The Morgan fingerprint density at radius 1 is 0.903 bits per heavy atom. The third-order valence-electron chi connectivity index (χ3n) is 5.09. The summed E-state index contributed by atoms with van der Waals surface area (Å²) in [6, 6.07) is 20.8. The highest BCUT2D eigenvalue weighted by Crippen LogP contribution is 2.39. The minimum Gasteiger partial charge on any atom is -0.454 e. The number of sulfone groups is 1. The molecule has 2 heterocycles. The third kappa shape index (κ3) is 3.40. The largest absolute Gasteiger partial charge is 0.454 e. The molecule has 0 bridgehead atoms. The molecule has 156 valence electrons. The zero-order valence-corrected chi connectivity index (χ0v) is 17.1. The lowest BCUT2D eigenvalue weighted by Crippen LogP contribution is -2.22. The van der Waals surface area contributed by atoms with Gasteiger partial charge >= 0.3 is 0 Å². The van der Waals surface area contributed by atoms with E-state index < -0.39 is 15.7 Å². The number of anilines is 1. The Bertz CT molecular complexity index is 1320. The van der Waals surface area contributed by atoms with Gasteiger partial charge in [-0.2, -0.15) is 0 Å². The second-order valence-corrected chi connectivity index (χ2v) is 8.92. The molecule has 0 unspecified atom stereocenters. The van der Waals surface area contributed by atoms with E-state index in [0.29, 0.717) is 29.3 Å². The second kappa shape index (κ2) is 7.48. The molecule has 1 amide bonds. The van der Waals surface area contributed by atoms with Gasteiger partial charge < -0.3 is 20.1 Å². The predicted molar refractivity (Wildman–Crippen MR) is 115 cm³/mol. The molecule has 0 saturated carbocycles. The maximum Gasteiger partial charge on any atom is 0.269 e. The first-order valence-corrected chi connectivity index (χ1v) is 11.1. The lowest BCUT2D eigenvalue weighted by Gasteiger charge is -2.12. The number of hydrogen-bond donors (Lipinski definition) is 2. The topological polar surface area (TPSA) is 93.7 Å². The average Bonchev–Trinajstić information content (AvgIpc) is 3.33. The van der Waals surface area contributed by atoms with E-state index in [4.69, 9.17) is 9.47 Å². The molecule has 2 aliphatic rings. The van der Waals surface area contributed by atoms with Crippen LogP contribution < -0.4 is 20.1 Å². The number of carbonyl (C=O) groups excluding carboxylic acids is 1. The van der Waals surface area contributed by atoms with Gasteiger partial charge in [0, 0.05) is 17.8 Å². The molecule has 3 aromatic rings. The molecule has 7 nitrogen and oxygen atoms in total. The molecule has 2 N–H and O–H groups in total. The van der Waals surface area contributed by atoms with Crippen LogP contribution >= 0.6 is 0 Å². The van der Waals surface area contributed by atoms with E-state index in [1.54, 1.807) is 48.5 Å². The van der Waals surface area contributed by atoms with E-state index in [1.807, 2.05) is 18.2 Å². The molecule has 31 heavy (non-hydrogen) atoms. The zero-order chi connectivity index (χ0) is 21.4. The van der Waals surface area contributed by atoms with Crippen molar-refractivity contribution in [2.75, 3.05) is 12.1 Å². The monoisotopic (exact) mass is 434 g/mol. The van der Waals surface area contributed by atoms with Crippen molar-refractivity contribution in [3.63, 3.8) is 0 Å². The summed E-state index contributed by atoms with van der Waals surface area (Å²) in [6.45, 7) is 0.477. The predicted octanol–water partition coefficient (Wildman–Crippen LogP) is 3.30. The van der Waals surface area contributed by atoms with Crippen LogP contribution in [0.3, 0.4) is 0 Å². The maximum atomic E-state index is 13.2. The van der Waals surface area contributed by atoms with Gasteiger partial charge in [-0.05, 0) is 35.9 Å². The van der Waals surface area contributed by atoms with Gasteiger partial charge in [0.15, 0.2) is 16.4 Å². The van der Waals surface area contributed by atoms with Gasteiger partial charge in [-0.25, -0.2) is 8.42 Å². The Kier molecular flexibility index (Phi) is 4.63. The summed E-state index contributed by atoms with van der Waals surface area (Å²) in [5, 5.41) is 5.84. The Labute approximate surface area is 179 Å². The molecule has 5 rings (SSSR count). The molecular formula is C23H18N2O5S. The summed E-state index contributed by atoms with van der Waals surface area (Å²) < 4.78 is 37.1. The number of ether oxygens (including phenoxy) is 2. The highest BCUT2D eigenvalue weighted by molar-refractivity contribution is 7.97. The normalized spacial score (nSPS) is 15.5. The number of para-hydroxylation sites is 1. The smallest absolute Gasteiger partial charge is 0.269 e. The van der Waals surface area contributed by atoms with E-state index in [-0.39, 0.29) is 22.3 Å². The van der Waals surface area contributed by atoms with E-state index in [9.17, 15) is 13.2 Å². The standard InChI is InChI=1S/C23H18N2O5S/c26-23(25-16-6-2-1-3-7-16)22-21(17-8-4-5-9-20(17)31(22,27)28)24-13-15-10-11-18-19(12-15)30-14-29-18/h1-12,24H,13-14H2,(H,25,26). The van der Waals surface area contributed by atoms with Gasteiger partial charge in [0.25, 0.3) is 5.91 Å². The van der Waals surface area contributed by atoms with E-state index >= 15 is 0 Å². The SMILES string of the molecule is O=C(Nc1ccccc1)C1=C(NCc2ccc3c(c2)OCO3)c2ccccc2S1(=O)=O. The molecule has 8 heteroatoms. The van der Waals surface area contributed by atoms with Crippen LogP contribution in [0.5, 0.6) is 11.5 Å². The van der Waals surface area contributed by atoms with Gasteiger partial charge in [-0.1, -0.05) is 42.5 Å². The van der Waals surface area contributed by atoms with E-state index in [1.165, 1.54) is 6.07 Å². The minimum absolute atomic E-state index is 0.112. The highest BCUT2D eigenvalue weighted by atomic mass is 32.2. The molecule has 3 aromatic carbocycles. The molecular weight excluding hydrogens is 416 g/mol. The molecule has 2 aliphatic heterocycles. The fourth-order valence-electron chi connectivity index (χ4n) is 3.64. The average molecular weight is 434 g/mol. The minimum atomic E-state index is -3.97. The van der Waals surface area contributed by atoms with Crippen LogP contribution in [-0.4, -0.2) is 21.1 Å². The van der Waals surface area contributed by atoms with Crippen molar-refractivity contribution in [3.8, 4) is 11.5 Å². The first-order valence-electron chi connectivity index (χ1n) is 9.61. The van der Waals surface area contributed by atoms with E-state index in [0.717, 1.165) is 5.56 Å². The number of amides is 1. The van der Waals surface area contributed by atoms with Crippen molar-refractivity contribution in [2.45, 2.75) is 11.4 Å². The van der Waals surface area contributed by atoms with Crippen LogP contribution in [0, 0.1) is 0 Å².